The molecule has 5 heteroatoms. The highest BCUT2D eigenvalue weighted by Crippen LogP contribution is 2.22. The largest absolute Gasteiger partial charge is 0.447 e. The van der Waals surface area contributed by atoms with Gasteiger partial charge in [0.1, 0.15) is 0 Å². The Morgan fingerprint density at radius 3 is 2.77 bits per heavy atom. The molecule has 0 radical (unpaired) electrons. The summed E-state index contributed by atoms with van der Waals surface area (Å²) in [6.45, 7) is 1.93. The molecule has 2 N–H and O–H groups in total. The van der Waals surface area contributed by atoms with E-state index in [1.807, 2.05) is 13.0 Å². The molecule has 13 heavy (non-hydrogen) atoms. The summed E-state index contributed by atoms with van der Waals surface area (Å²) in [5.74, 6) is 0.413. The number of nitrogens with two attached hydrogens (primary N) is 1. The van der Waals surface area contributed by atoms with Gasteiger partial charge >= 0.3 is 6.09 Å². The van der Waals surface area contributed by atoms with Crippen LogP contribution in [0.2, 0.25) is 0 Å². The summed E-state index contributed by atoms with van der Waals surface area (Å²) in [4.78, 5) is 18.9. The summed E-state index contributed by atoms with van der Waals surface area (Å²) in [5.41, 5.74) is 5.77. The minimum absolute atomic E-state index is 0.413. The molecule has 0 aliphatic carbocycles. The Labute approximate surface area is 83.7 Å². The van der Waals surface area contributed by atoms with Gasteiger partial charge in [0.25, 0.3) is 0 Å². The predicted molar refractivity (Wildman–Crippen MR) is 50.2 cm³/mol. The van der Waals surface area contributed by atoms with Crippen LogP contribution in [-0.4, -0.2) is 6.09 Å². The van der Waals surface area contributed by atoms with E-state index in [0.717, 1.165) is 10.0 Å². The first kappa shape index (κ1) is 9.85. The maximum atomic E-state index is 10.2. The first-order chi connectivity index (χ1) is 6.09. The maximum absolute atomic E-state index is 10.2. The topological polar surface area (TPSA) is 61.6 Å². The number of halogens is 1. The number of primary amides is 1. The van der Waals surface area contributed by atoms with Crippen LogP contribution < -0.4 is 10.6 Å². The van der Waals surface area contributed by atoms with Crippen LogP contribution in [0, 0.1) is 6.92 Å². The molecule has 0 saturated heterocycles. The minimum atomic E-state index is -0.975. The van der Waals surface area contributed by atoms with Gasteiger partial charge in [-0.2, -0.15) is 0 Å². The second-order valence-electron chi connectivity index (χ2n) is 2.40. The van der Waals surface area contributed by atoms with Crippen molar-refractivity contribution in [1.82, 2.24) is 0 Å². The Bertz CT molecular complexity index is 327. The molecule has 4 nitrogen and oxygen atoms in total. The summed E-state index contributed by atoms with van der Waals surface area (Å²) in [7, 11) is 0. The van der Waals surface area contributed by atoms with Crippen molar-refractivity contribution < 1.29 is 14.6 Å². The van der Waals surface area contributed by atoms with Gasteiger partial charge in [-0.05, 0) is 24.6 Å². The van der Waals surface area contributed by atoms with Gasteiger partial charge in [0.15, 0.2) is 5.75 Å². The van der Waals surface area contributed by atoms with Crippen LogP contribution in [0.4, 0.5) is 4.79 Å². The lowest BCUT2D eigenvalue weighted by Gasteiger charge is -2.03. The van der Waals surface area contributed by atoms with Gasteiger partial charge in [0, 0.05) is 4.47 Å². The zero-order valence-corrected chi connectivity index (χ0v) is 8.50. The first-order valence-corrected chi connectivity index (χ1v) is 4.29. The molecule has 0 unspecified atom stereocenters. The number of hydrogen-bond acceptors (Lipinski definition) is 3. The van der Waals surface area contributed by atoms with Crippen LogP contribution >= 0.6 is 15.9 Å². The normalized spacial score (nSPS) is 9.38. The van der Waals surface area contributed by atoms with Crippen molar-refractivity contribution in [3.63, 3.8) is 0 Å². The van der Waals surface area contributed by atoms with E-state index in [2.05, 4.69) is 25.7 Å². The summed E-state index contributed by atoms with van der Waals surface area (Å²) in [6, 6.07) is 5.17. The SMILES string of the molecule is Cc1ccc(OOC(N)=O)cc1Br. The van der Waals surface area contributed by atoms with Crippen LogP contribution in [0.5, 0.6) is 5.75 Å². The summed E-state index contributed by atoms with van der Waals surface area (Å²) in [5, 5.41) is 0. The fourth-order valence-corrected chi connectivity index (χ4v) is 1.07. The van der Waals surface area contributed by atoms with Crippen molar-refractivity contribution in [2.75, 3.05) is 0 Å². The quantitative estimate of drug-likeness (QED) is 0.642. The van der Waals surface area contributed by atoms with Gasteiger partial charge in [-0.1, -0.05) is 22.0 Å². The van der Waals surface area contributed by atoms with Crippen molar-refractivity contribution >= 4 is 22.0 Å². The zero-order chi connectivity index (χ0) is 9.84. The Balaban J connectivity index is 2.68. The molecule has 0 aliphatic heterocycles. The molecule has 1 aromatic rings. The Hall–Kier alpha value is -1.23. The second-order valence-corrected chi connectivity index (χ2v) is 3.25. The van der Waals surface area contributed by atoms with E-state index >= 15 is 0 Å². The van der Waals surface area contributed by atoms with E-state index in [4.69, 9.17) is 5.73 Å². The molecule has 70 valence electrons. The van der Waals surface area contributed by atoms with E-state index < -0.39 is 6.09 Å². The lowest BCUT2D eigenvalue weighted by Crippen LogP contribution is -2.15. The van der Waals surface area contributed by atoms with Crippen molar-refractivity contribution in [3.05, 3.63) is 28.2 Å². The van der Waals surface area contributed by atoms with E-state index in [-0.39, 0.29) is 0 Å². The van der Waals surface area contributed by atoms with Crippen molar-refractivity contribution in [1.29, 1.82) is 0 Å². The lowest BCUT2D eigenvalue weighted by atomic mass is 10.2. The third kappa shape index (κ3) is 2.95. The van der Waals surface area contributed by atoms with Gasteiger partial charge in [0.2, 0.25) is 0 Å². The number of carbonyl (C=O) groups excluding carboxylic acids is 1. The smallest absolute Gasteiger partial charge is 0.332 e. The monoisotopic (exact) mass is 245 g/mol. The first-order valence-electron chi connectivity index (χ1n) is 3.49. The molecule has 0 saturated carbocycles. The maximum Gasteiger partial charge on any atom is 0.447 e. The van der Waals surface area contributed by atoms with Gasteiger partial charge in [-0.15, -0.1) is 0 Å². The van der Waals surface area contributed by atoms with E-state index in [9.17, 15) is 4.79 Å². The van der Waals surface area contributed by atoms with Gasteiger partial charge < -0.3 is 5.73 Å². The molecule has 1 rings (SSSR count). The molecule has 1 aromatic carbocycles. The van der Waals surface area contributed by atoms with E-state index in [0.29, 0.717) is 5.75 Å². The fraction of sp³-hybridized carbons (Fsp3) is 0.125. The summed E-state index contributed by atoms with van der Waals surface area (Å²) < 4.78 is 0.873. The van der Waals surface area contributed by atoms with Crippen molar-refractivity contribution in [2.24, 2.45) is 5.73 Å². The Morgan fingerprint density at radius 2 is 2.23 bits per heavy atom. The fourth-order valence-electron chi connectivity index (χ4n) is 0.715. The lowest BCUT2D eigenvalue weighted by molar-refractivity contribution is -0.139. The number of rotatable bonds is 2. The molecule has 0 bridgehead atoms. The van der Waals surface area contributed by atoms with Crippen LogP contribution in [-0.2, 0) is 4.89 Å². The zero-order valence-electron chi connectivity index (χ0n) is 6.91. The van der Waals surface area contributed by atoms with Crippen molar-refractivity contribution in [3.8, 4) is 5.75 Å². The van der Waals surface area contributed by atoms with Crippen LogP contribution in [0.1, 0.15) is 5.56 Å². The number of benzene rings is 1. The third-order valence-electron chi connectivity index (χ3n) is 1.36. The molecule has 0 atom stereocenters. The second kappa shape index (κ2) is 4.13. The average Bonchev–Trinajstić information content (AvgIpc) is 2.07. The minimum Gasteiger partial charge on any atom is -0.332 e. The summed E-state index contributed by atoms with van der Waals surface area (Å²) in [6.07, 6.45) is -0.975. The molecule has 0 heterocycles. The number of carbonyl (C=O) groups is 1. The van der Waals surface area contributed by atoms with E-state index in [1.165, 1.54) is 0 Å². The van der Waals surface area contributed by atoms with Crippen LogP contribution in [0.15, 0.2) is 22.7 Å². The Morgan fingerprint density at radius 1 is 1.54 bits per heavy atom. The molecule has 0 aliphatic rings. The molecule has 0 aromatic heterocycles. The predicted octanol–water partition coefficient (Wildman–Crippen LogP) is 2.15. The standard InChI is InChI=1S/C8H8BrNO3/c1-5-2-3-6(4-7(5)9)12-13-8(10)11/h2-4H,1H3,(H2,10,11). The number of aryl methyl sites for hydroxylation is 1. The van der Waals surface area contributed by atoms with Gasteiger partial charge in [-0.25, -0.2) is 9.68 Å². The molecule has 0 fully saturated rings. The third-order valence-corrected chi connectivity index (χ3v) is 2.22. The van der Waals surface area contributed by atoms with Crippen LogP contribution in [0.25, 0.3) is 0 Å². The molecular weight excluding hydrogens is 238 g/mol. The average molecular weight is 246 g/mol. The van der Waals surface area contributed by atoms with E-state index in [1.54, 1.807) is 12.1 Å². The highest BCUT2D eigenvalue weighted by atomic mass is 79.9. The highest BCUT2D eigenvalue weighted by molar-refractivity contribution is 9.10. The summed E-state index contributed by atoms with van der Waals surface area (Å²) >= 11 is 3.30. The van der Waals surface area contributed by atoms with Crippen LogP contribution in [0.3, 0.4) is 0 Å². The van der Waals surface area contributed by atoms with Gasteiger partial charge in [0.05, 0.1) is 0 Å². The van der Waals surface area contributed by atoms with Gasteiger partial charge in [-0.3, -0.25) is 4.89 Å². The molecular formula is C8H8BrNO3. The molecule has 0 spiro atoms. The molecule has 1 amide bonds. The van der Waals surface area contributed by atoms with Crippen molar-refractivity contribution in [2.45, 2.75) is 6.92 Å². The highest BCUT2D eigenvalue weighted by Gasteiger charge is 2.01. The number of hydrogen-bond donors (Lipinski definition) is 1. The Kier molecular flexibility index (Phi) is 3.13. The number of amides is 1.